The van der Waals surface area contributed by atoms with Crippen LogP contribution in [0.3, 0.4) is 0 Å². The summed E-state index contributed by atoms with van der Waals surface area (Å²) in [5.74, 6) is -2.42. The lowest BCUT2D eigenvalue weighted by molar-refractivity contribution is -0.141. The molecular weight excluding hydrogens is 384 g/mol. The first kappa shape index (κ1) is 18.5. The van der Waals surface area contributed by atoms with Crippen molar-refractivity contribution in [2.24, 2.45) is 0 Å². The number of aromatic nitrogens is 1. The van der Waals surface area contributed by atoms with Crippen LogP contribution in [0, 0.1) is 11.6 Å². The Bertz CT molecular complexity index is 1000. The molecule has 144 valence electrons. The average Bonchev–Trinajstić information content (AvgIpc) is 3.05. The monoisotopic (exact) mass is 401 g/mol. The molecule has 0 aliphatic carbocycles. The molecule has 0 spiro atoms. The van der Waals surface area contributed by atoms with Crippen molar-refractivity contribution in [3.63, 3.8) is 0 Å². The largest absolute Gasteiger partial charge is 0.327 e. The number of nitrogens with one attached hydrogen (secondary N) is 1. The Morgan fingerprint density at radius 1 is 1.14 bits per heavy atom. The molecule has 2 amide bonds. The smallest absolute Gasteiger partial charge is 0.253 e. The van der Waals surface area contributed by atoms with Crippen LogP contribution in [0.5, 0.6) is 0 Å². The number of hydrogen-bond acceptors (Lipinski definition) is 4. The van der Waals surface area contributed by atoms with Crippen LogP contribution in [-0.2, 0) is 9.59 Å². The molecule has 1 aliphatic rings. The third-order valence-corrected chi connectivity index (χ3v) is 5.63. The van der Waals surface area contributed by atoms with Gasteiger partial charge >= 0.3 is 0 Å². The molecule has 0 bridgehead atoms. The fraction of sp³-hybridized carbons (Fsp3) is 0.250. The summed E-state index contributed by atoms with van der Waals surface area (Å²) >= 11 is 1.06. The van der Waals surface area contributed by atoms with Crippen LogP contribution < -0.4 is 5.32 Å². The first-order valence-corrected chi connectivity index (χ1v) is 9.75. The maximum atomic E-state index is 13.4. The molecule has 4 rings (SSSR count). The molecule has 1 saturated heterocycles. The van der Waals surface area contributed by atoms with Gasteiger partial charge in [0.1, 0.15) is 6.04 Å². The van der Waals surface area contributed by atoms with Crippen LogP contribution in [0.2, 0.25) is 0 Å². The number of likely N-dealkylation sites (tertiary alicyclic amines) is 1. The van der Waals surface area contributed by atoms with Crippen molar-refractivity contribution in [3.8, 4) is 0 Å². The van der Waals surface area contributed by atoms with Crippen LogP contribution in [0.15, 0.2) is 42.5 Å². The minimum absolute atomic E-state index is 0.0660. The number of carbonyl (C=O) groups is 2. The second-order valence-electron chi connectivity index (χ2n) is 6.60. The lowest BCUT2D eigenvalue weighted by Gasteiger charge is -2.33. The zero-order chi connectivity index (χ0) is 19.7. The van der Waals surface area contributed by atoms with Gasteiger partial charge in [-0.05, 0) is 24.5 Å². The van der Waals surface area contributed by atoms with Gasteiger partial charge in [0.25, 0.3) is 5.91 Å². The molecule has 0 radical (unpaired) electrons. The number of rotatable bonds is 4. The summed E-state index contributed by atoms with van der Waals surface area (Å²) in [5, 5.41) is 2.95. The molecule has 2 heterocycles. The molecule has 0 saturated carbocycles. The van der Waals surface area contributed by atoms with Gasteiger partial charge in [0.15, 0.2) is 16.8 Å². The van der Waals surface area contributed by atoms with Gasteiger partial charge in [-0.1, -0.05) is 41.7 Å². The summed E-state index contributed by atoms with van der Waals surface area (Å²) in [6.45, 7) is 0.502. The van der Waals surface area contributed by atoms with Crippen molar-refractivity contribution < 1.29 is 18.4 Å². The molecule has 1 aliphatic heterocycles. The highest BCUT2D eigenvalue weighted by Gasteiger charge is 2.33. The van der Waals surface area contributed by atoms with Gasteiger partial charge in [0, 0.05) is 19.0 Å². The fourth-order valence-electron chi connectivity index (χ4n) is 3.36. The quantitative estimate of drug-likeness (QED) is 0.710. The summed E-state index contributed by atoms with van der Waals surface area (Å²) in [5.41, 5.74) is 0.970. The predicted octanol–water partition coefficient (Wildman–Crippen LogP) is 4.27. The number of hydrogen-bond donors (Lipinski definition) is 1. The van der Waals surface area contributed by atoms with E-state index in [9.17, 15) is 18.4 Å². The number of anilines is 1. The number of amides is 2. The lowest BCUT2D eigenvalue weighted by Crippen LogP contribution is -2.43. The molecule has 28 heavy (non-hydrogen) atoms. The SMILES string of the molecule is O=C(Nc1nc2cc(F)c(F)cc2s1)C(c1ccccc1)N1CCCCC1=O. The summed E-state index contributed by atoms with van der Waals surface area (Å²) in [6, 6.07) is 10.3. The molecular formula is C20H17F2N3O2S. The minimum atomic E-state index is -0.989. The molecule has 8 heteroatoms. The molecule has 3 aromatic rings. The second-order valence-corrected chi connectivity index (χ2v) is 7.63. The van der Waals surface area contributed by atoms with Crippen molar-refractivity contribution in [2.75, 3.05) is 11.9 Å². The van der Waals surface area contributed by atoms with Crippen molar-refractivity contribution in [3.05, 3.63) is 59.7 Å². The lowest BCUT2D eigenvalue weighted by atomic mass is 10.0. The Morgan fingerprint density at radius 2 is 1.89 bits per heavy atom. The van der Waals surface area contributed by atoms with E-state index in [1.165, 1.54) is 0 Å². The third-order valence-electron chi connectivity index (χ3n) is 4.70. The number of nitrogens with zero attached hydrogens (tertiary/aromatic N) is 2. The fourth-order valence-corrected chi connectivity index (χ4v) is 4.23. The first-order valence-electron chi connectivity index (χ1n) is 8.94. The van der Waals surface area contributed by atoms with Crippen molar-refractivity contribution in [1.29, 1.82) is 0 Å². The second kappa shape index (κ2) is 7.63. The van der Waals surface area contributed by atoms with Gasteiger partial charge in [-0.3, -0.25) is 14.9 Å². The van der Waals surface area contributed by atoms with E-state index in [0.717, 1.165) is 36.3 Å². The maximum absolute atomic E-state index is 13.4. The summed E-state index contributed by atoms with van der Waals surface area (Å²) in [6.07, 6.45) is 2.06. The summed E-state index contributed by atoms with van der Waals surface area (Å²) in [4.78, 5) is 31.3. The molecule has 1 fully saturated rings. The van der Waals surface area contributed by atoms with E-state index >= 15 is 0 Å². The van der Waals surface area contributed by atoms with Gasteiger partial charge in [-0.15, -0.1) is 0 Å². The number of thiazole rings is 1. The zero-order valence-electron chi connectivity index (χ0n) is 14.8. The molecule has 1 N–H and O–H groups in total. The maximum Gasteiger partial charge on any atom is 0.253 e. The van der Waals surface area contributed by atoms with Gasteiger partial charge in [-0.2, -0.15) is 0 Å². The highest BCUT2D eigenvalue weighted by atomic mass is 32.1. The highest BCUT2D eigenvalue weighted by molar-refractivity contribution is 7.22. The van der Waals surface area contributed by atoms with E-state index in [-0.39, 0.29) is 16.6 Å². The molecule has 2 aromatic carbocycles. The Morgan fingerprint density at radius 3 is 2.64 bits per heavy atom. The van der Waals surface area contributed by atoms with Crippen molar-refractivity contribution in [1.82, 2.24) is 9.88 Å². The number of halogens is 2. The van der Waals surface area contributed by atoms with Crippen LogP contribution in [0.4, 0.5) is 13.9 Å². The van der Waals surface area contributed by atoms with Gasteiger partial charge < -0.3 is 4.90 Å². The average molecular weight is 401 g/mol. The van der Waals surface area contributed by atoms with Gasteiger partial charge in [-0.25, -0.2) is 13.8 Å². The first-order chi connectivity index (χ1) is 13.5. The molecule has 5 nitrogen and oxygen atoms in total. The zero-order valence-corrected chi connectivity index (χ0v) is 15.6. The van der Waals surface area contributed by atoms with Crippen molar-refractivity contribution >= 4 is 38.5 Å². The predicted molar refractivity (Wildman–Crippen MR) is 103 cm³/mol. The highest BCUT2D eigenvalue weighted by Crippen LogP contribution is 2.31. The molecule has 1 unspecified atom stereocenters. The Labute approximate surface area is 164 Å². The minimum Gasteiger partial charge on any atom is -0.327 e. The normalized spacial score (nSPS) is 15.6. The van der Waals surface area contributed by atoms with E-state index in [4.69, 9.17) is 0 Å². The van der Waals surface area contributed by atoms with Crippen LogP contribution in [-0.4, -0.2) is 28.2 Å². The Balaban J connectivity index is 1.65. The Kier molecular flexibility index (Phi) is 5.04. The molecule has 1 atom stereocenters. The van der Waals surface area contributed by atoms with E-state index < -0.39 is 23.6 Å². The van der Waals surface area contributed by atoms with Gasteiger partial charge in [0.05, 0.1) is 10.2 Å². The summed E-state index contributed by atoms with van der Waals surface area (Å²) < 4.78 is 27.3. The Hall–Kier alpha value is -2.87. The third kappa shape index (κ3) is 3.60. The number of fused-ring (bicyclic) bond motifs is 1. The van der Waals surface area contributed by atoms with Crippen molar-refractivity contribution in [2.45, 2.75) is 25.3 Å². The van der Waals surface area contributed by atoms with Crippen LogP contribution in [0.1, 0.15) is 30.9 Å². The van der Waals surface area contributed by atoms with E-state index in [1.807, 2.05) is 18.2 Å². The van der Waals surface area contributed by atoms with Gasteiger partial charge in [0.2, 0.25) is 5.91 Å². The van der Waals surface area contributed by atoms with E-state index in [1.54, 1.807) is 17.0 Å². The van der Waals surface area contributed by atoms with Crippen LogP contribution in [0.25, 0.3) is 10.2 Å². The number of carbonyl (C=O) groups excluding carboxylic acids is 2. The molecule has 1 aromatic heterocycles. The number of piperidine rings is 1. The summed E-state index contributed by atoms with van der Waals surface area (Å²) in [7, 11) is 0. The van der Waals surface area contributed by atoms with Crippen LogP contribution >= 0.6 is 11.3 Å². The standard InChI is InChI=1S/C20H17F2N3O2S/c21-13-10-15-16(11-14(13)22)28-20(23-15)24-19(27)18(12-6-2-1-3-7-12)25-9-5-4-8-17(25)26/h1-3,6-7,10-11,18H,4-5,8-9H2,(H,23,24,27). The van der Waals surface area contributed by atoms with E-state index in [2.05, 4.69) is 10.3 Å². The van der Waals surface area contributed by atoms with E-state index in [0.29, 0.717) is 23.2 Å². The topological polar surface area (TPSA) is 62.3 Å². The number of benzene rings is 2.